The molecule has 1 aliphatic heterocycles. The minimum absolute atomic E-state index is 0.0285. The van der Waals surface area contributed by atoms with Gasteiger partial charge in [-0.25, -0.2) is 0 Å². The van der Waals surface area contributed by atoms with Crippen molar-refractivity contribution in [3.05, 3.63) is 35.4 Å². The SMILES string of the molecule is CCCC(=O)N1CCOC(c2ccccc2C)C1. The number of amides is 1. The minimum Gasteiger partial charge on any atom is -0.370 e. The maximum atomic E-state index is 11.9. The Labute approximate surface area is 109 Å². The fraction of sp³-hybridized carbons (Fsp3) is 0.533. The van der Waals surface area contributed by atoms with Crippen LogP contribution in [0.2, 0.25) is 0 Å². The summed E-state index contributed by atoms with van der Waals surface area (Å²) in [5.41, 5.74) is 2.43. The molecular formula is C15H21NO2. The first-order valence-electron chi connectivity index (χ1n) is 6.67. The molecule has 1 unspecified atom stereocenters. The Bertz CT molecular complexity index is 417. The number of carbonyl (C=O) groups is 1. The number of carbonyl (C=O) groups excluding carboxylic acids is 1. The van der Waals surface area contributed by atoms with E-state index in [0.717, 1.165) is 13.0 Å². The monoisotopic (exact) mass is 247 g/mol. The molecule has 0 radical (unpaired) electrons. The standard InChI is InChI=1S/C15H21NO2/c1-3-6-15(17)16-9-10-18-14(11-16)13-8-5-4-7-12(13)2/h4-5,7-8,14H,3,6,9-11H2,1-2H3. The number of morpholine rings is 1. The van der Waals surface area contributed by atoms with Crippen molar-refractivity contribution in [3.8, 4) is 0 Å². The molecule has 1 aliphatic rings. The van der Waals surface area contributed by atoms with Crippen molar-refractivity contribution in [2.45, 2.75) is 32.8 Å². The molecule has 0 spiro atoms. The van der Waals surface area contributed by atoms with Crippen LogP contribution in [-0.4, -0.2) is 30.5 Å². The highest BCUT2D eigenvalue weighted by Crippen LogP contribution is 2.25. The van der Waals surface area contributed by atoms with E-state index in [2.05, 4.69) is 19.1 Å². The normalized spacial score (nSPS) is 19.9. The molecule has 3 nitrogen and oxygen atoms in total. The number of rotatable bonds is 3. The lowest BCUT2D eigenvalue weighted by atomic mass is 10.0. The van der Waals surface area contributed by atoms with Crippen LogP contribution in [0, 0.1) is 6.92 Å². The molecular weight excluding hydrogens is 226 g/mol. The van der Waals surface area contributed by atoms with Crippen LogP contribution < -0.4 is 0 Å². The molecule has 0 bridgehead atoms. The molecule has 0 aliphatic carbocycles. The van der Waals surface area contributed by atoms with Gasteiger partial charge in [0.2, 0.25) is 5.91 Å². The Morgan fingerprint density at radius 2 is 2.22 bits per heavy atom. The Kier molecular flexibility index (Phi) is 4.37. The zero-order valence-corrected chi connectivity index (χ0v) is 11.2. The molecule has 3 heteroatoms. The van der Waals surface area contributed by atoms with E-state index in [0.29, 0.717) is 19.6 Å². The van der Waals surface area contributed by atoms with Gasteiger partial charge in [0.25, 0.3) is 0 Å². The number of aryl methyl sites for hydroxylation is 1. The first-order chi connectivity index (χ1) is 8.72. The van der Waals surface area contributed by atoms with Crippen LogP contribution in [0.4, 0.5) is 0 Å². The second-order valence-electron chi connectivity index (χ2n) is 4.81. The highest BCUT2D eigenvalue weighted by molar-refractivity contribution is 5.76. The van der Waals surface area contributed by atoms with Crippen LogP contribution in [0.3, 0.4) is 0 Å². The van der Waals surface area contributed by atoms with Gasteiger partial charge in [-0.05, 0) is 24.5 Å². The zero-order chi connectivity index (χ0) is 13.0. The summed E-state index contributed by atoms with van der Waals surface area (Å²) in [6, 6.07) is 8.24. The second kappa shape index (κ2) is 6.01. The Hall–Kier alpha value is -1.35. The van der Waals surface area contributed by atoms with Gasteiger partial charge in [0.05, 0.1) is 13.2 Å². The van der Waals surface area contributed by atoms with Gasteiger partial charge in [-0.1, -0.05) is 31.2 Å². The topological polar surface area (TPSA) is 29.5 Å². The van der Waals surface area contributed by atoms with Gasteiger partial charge in [0, 0.05) is 13.0 Å². The van der Waals surface area contributed by atoms with E-state index in [-0.39, 0.29) is 12.0 Å². The number of benzene rings is 1. The Balaban J connectivity index is 2.07. The van der Waals surface area contributed by atoms with Gasteiger partial charge < -0.3 is 9.64 Å². The smallest absolute Gasteiger partial charge is 0.222 e. The van der Waals surface area contributed by atoms with Crippen molar-refractivity contribution >= 4 is 5.91 Å². The molecule has 1 aromatic carbocycles. The average molecular weight is 247 g/mol. The van der Waals surface area contributed by atoms with Crippen LogP contribution in [-0.2, 0) is 9.53 Å². The molecule has 1 aromatic rings. The number of hydrogen-bond acceptors (Lipinski definition) is 2. The molecule has 1 fully saturated rings. The third kappa shape index (κ3) is 2.91. The number of nitrogens with zero attached hydrogens (tertiary/aromatic N) is 1. The van der Waals surface area contributed by atoms with E-state index >= 15 is 0 Å². The molecule has 2 rings (SSSR count). The van der Waals surface area contributed by atoms with E-state index in [1.165, 1.54) is 11.1 Å². The molecule has 98 valence electrons. The summed E-state index contributed by atoms with van der Waals surface area (Å²) in [5, 5.41) is 0. The van der Waals surface area contributed by atoms with Gasteiger partial charge in [0.15, 0.2) is 0 Å². The fourth-order valence-corrected chi connectivity index (χ4v) is 2.38. The predicted molar refractivity (Wildman–Crippen MR) is 71.4 cm³/mol. The molecule has 0 N–H and O–H groups in total. The van der Waals surface area contributed by atoms with Crippen molar-refractivity contribution in [1.29, 1.82) is 0 Å². The average Bonchev–Trinajstić information content (AvgIpc) is 2.40. The summed E-state index contributed by atoms with van der Waals surface area (Å²) < 4.78 is 5.81. The summed E-state index contributed by atoms with van der Waals surface area (Å²) in [7, 11) is 0. The third-order valence-corrected chi connectivity index (χ3v) is 3.42. The molecule has 1 saturated heterocycles. The van der Waals surface area contributed by atoms with E-state index in [9.17, 15) is 4.79 Å². The fourth-order valence-electron chi connectivity index (χ4n) is 2.38. The summed E-state index contributed by atoms with van der Waals surface area (Å²) in [6.45, 7) is 6.17. The first kappa shape index (κ1) is 13.1. The van der Waals surface area contributed by atoms with Gasteiger partial charge in [-0.15, -0.1) is 0 Å². The summed E-state index contributed by atoms with van der Waals surface area (Å²) in [6.07, 6.45) is 1.58. The molecule has 18 heavy (non-hydrogen) atoms. The second-order valence-corrected chi connectivity index (χ2v) is 4.81. The lowest BCUT2D eigenvalue weighted by Crippen LogP contribution is -2.42. The predicted octanol–water partition coefficient (Wildman–Crippen LogP) is 2.70. The van der Waals surface area contributed by atoms with Gasteiger partial charge >= 0.3 is 0 Å². The highest BCUT2D eigenvalue weighted by atomic mass is 16.5. The lowest BCUT2D eigenvalue weighted by molar-refractivity contribution is -0.139. The number of ether oxygens (including phenoxy) is 1. The van der Waals surface area contributed by atoms with Gasteiger partial charge in [0.1, 0.15) is 6.10 Å². The minimum atomic E-state index is 0.0285. The summed E-state index contributed by atoms with van der Waals surface area (Å²) >= 11 is 0. The maximum Gasteiger partial charge on any atom is 0.222 e. The quantitative estimate of drug-likeness (QED) is 0.822. The van der Waals surface area contributed by atoms with Crippen molar-refractivity contribution in [2.75, 3.05) is 19.7 Å². The van der Waals surface area contributed by atoms with Crippen LogP contribution >= 0.6 is 0 Å². The van der Waals surface area contributed by atoms with E-state index in [1.54, 1.807) is 0 Å². The van der Waals surface area contributed by atoms with Gasteiger partial charge in [-0.3, -0.25) is 4.79 Å². The zero-order valence-electron chi connectivity index (χ0n) is 11.2. The number of hydrogen-bond donors (Lipinski definition) is 0. The van der Waals surface area contributed by atoms with E-state index < -0.39 is 0 Å². The summed E-state index contributed by atoms with van der Waals surface area (Å²) in [5.74, 6) is 0.249. The van der Waals surface area contributed by atoms with Crippen LogP contribution in [0.25, 0.3) is 0 Å². The summed E-state index contributed by atoms with van der Waals surface area (Å²) in [4.78, 5) is 13.9. The highest BCUT2D eigenvalue weighted by Gasteiger charge is 2.25. The van der Waals surface area contributed by atoms with E-state index in [1.807, 2.05) is 24.0 Å². The van der Waals surface area contributed by atoms with Crippen LogP contribution in [0.5, 0.6) is 0 Å². The molecule has 0 saturated carbocycles. The van der Waals surface area contributed by atoms with E-state index in [4.69, 9.17) is 4.74 Å². The third-order valence-electron chi connectivity index (χ3n) is 3.42. The van der Waals surface area contributed by atoms with Crippen molar-refractivity contribution in [3.63, 3.8) is 0 Å². The van der Waals surface area contributed by atoms with Crippen LogP contribution in [0.15, 0.2) is 24.3 Å². The van der Waals surface area contributed by atoms with Crippen molar-refractivity contribution in [2.24, 2.45) is 0 Å². The van der Waals surface area contributed by atoms with Crippen LogP contribution in [0.1, 0.15) is 37.0 Å². The molecule has 0 aromatic heterocycles. The molecule has 1 amide bonds. The maximum absolute atomic E-state index is 11.9. The lowest BCUT2D eigenvalue weighted by Gasteiger charge is -2.33. The molecule has 1 atom stereocenters. The first-order valence-corrected chi connectivity index (χ1v) is 6.67. The van der Waals surface area contributed by atoms with Crippen molar-refractivity contribution < 1.29 is 9.53 Å². The largest absolute Gasteiger partial charge is 0.370 e. The van der Waals surface area contributed by atoms with Gasteiger partial charge in [-0.2, -0.15) is 0 Å². The Morgan fingerprint density at radius 3 is 2.94 bits per heavy atom. The Morgan fingerprint density at radius 1 is 1.44 bits per heavy atom. The van der Waals surface area contributed by atoms with Crippen molar-refractivity contribution in [1.82, 2.24) is 4.90 Å². The molecule has 1 heterocycles.